The highest BCUT2D eigenvalue weighted by molar-refractivity contribution is 9.10. The molecule has 7 heteroatoms. The molecule has 2 aromatic rings. The van der Waals surface area contributed by atoms with Crippen molar-refractivity contribution in [1.82, 2.24) is 0 Å². The Labute approximate surface area is 189 Å². The quantitative estimate of drug-likeness (QED) is 0.336. The molecule has 1 saturated heterocycles. The number of thioether (sulfide) groups is 1. The van der Waals surface area contributed by atoms with Crippen molar-refractivity contribution in [3.05, 3.63) is 57.4 Å². The van der Waals surface area contributed by atoms with Gasteiger partial charge in [-0.3, -0.25) is 9.69 Å². The summed E-state index contributed by atoms with van der Waals surface area (Å²) in [7, 11) is 0. The number of hydrogen-bond acceptors (Lipinski definition) is 5. The average molecular weight is 492 g/mol. The Hall–Kier alpha value is -1.83. The van der Waals surface area contributed by atoms with Crippen molar-refractivity contribution in [2.45, 2.75) is 20.8 Å². The lowest BCUT2D eigenvalue weighted by molar-refractivity contribution is -0.113. The summed E-state index contributed by atoms with van der Waals surface area (Å²) in [6.07, 6.45) is 1.85. The van der Waals surface area contributed by atoms with Gasteiger partial charge >= 0.3 is 0 Å². The van der Waals surface area contributed by atoms with Crippen molar-refractivity contribution in [1.29, 1.82) is 0 Å². The van der Waals surface area contributed by atoms with E-state index in [0.29, 0.717) is 28.4 Å². The fourth-order valence-corrected chi connectivity index (χ4v) is 4.49. The number of hydrogen-bond donors (Lipinski definition) is 0. The second-order valence-electron chi connectivity index (χ2n) is 6.84. The van der Waals surface area contributed by atoms with Crippen molar-refractivity contribution in [3.63, 3.8) is 0 Å². The van der Waals surface area contributed by atoms with Crippen molar-refractivity contribution >= 4 is 61.9 Å². The number of nitrogens with zero attached hydrogens (tertiary/aromatic N) is 1. The molecule has 0 radical (unpaired) electrons. The molecule has 0 spiro atoms. The largest absolute Gasteiger partial charge is 0.494 e. The lowest BCUT2D eigenvalue weighted by Gasteiger charge is -2.15. The number of ether oxygens (including phenoxy) is 2. The maximum Gasteiger partial charge on any atom is 0.270 e. The summed E-state index contributed by atoms with van der Waals surface area (Å²) in [6.45, 7) is 7.39. The van der Waals surface area contributed by atoms with Gasteiger partial charge in [0.15, 0.2) is 4.32 Å². The number of amides is 1. The molecule has 0 aliphatic carbocycles. The molecule has 3 rings (SSSR count). The van der Waals surface area contributed by atoms with Gasteiger partial charge in [0.05, 0.1) is 28.3 Å². The third-order valence-corrected chi connectivity index (χ3v) is 5.95. The van der Waals surface area contributed by atoms with E-state index in [1.807, 2.05) is 55.5 Å². The molecule has 1 heterocycles. The molecular weight excluding hydrogens is 470 g/mol. The first kappa shape index (κ1) is 21.9. The van der Waals surface area contributed by atoms with E-state index in [1.54, 1.807) is 4.90 Å². The molecule has 0 atom stereocenters. The number of carbonyl (C=O) groups excluding carboxylic acids is 1. The van der Waals surface area contributed by atoms with Crippen LogP contribution in [-0.4, -0.2) is 23.4 Å². The van der Waals surface area contributed by atoms with E-state index in [4.69, 9.17) is 21.7 Å². The van der Waals surface area contributed by atoms with Crippen LogP contribution in [0.15, 0.2) is 51.8 Å². The minimum absolute atomic E-state index is 0.125. The SMILES string of the molecule is CCOc1ccc(N2C(=O)/C(=C\c3ccc(OCC(C)C)c(Br)c3)SC2=S)cc1. The number of anilines is 1. The topological polar surface area (TPSA) is 38.8 Å². The molecule has 1 fully saturated rings. The van der Waals surface area contributed by atoms with E-state index >= 15 is 0 Å². The zero-order valence-corrected chi connectivity index (χ0v) is 19.7. The smallest absolute Gasteiger partial charge is 0.270 e. The van der Waals surface area contributed by atoms with Crippen LogP contribution < -0.4 is 14.4 Å². The fourth-order valence-electron chi connectivity index (χ4n) is 2.68. The van der Waals surface area contributed by atoms with Gasteiger partial charge in [-0.15, -0.1) is 0 Å². The number of rotatable bonds is 7. The predicted octanol–water partition coefficient (Wildman–Crippen LogP) is 6.29. The van der Waals surface area contributed by atoms with Crippen LogP contribution in [0, 0.1) is 5.92 Å². The third-order valence-electron chi connectivity index (χ3n) is 4.03. The fraction of sp³-hybridized carbons (Fsp3) is 0.273. The summed E-state index contributed by atoms with van der Waals surface area (Å²) < 4.78 is 12.6. The summed E-state index contributed by atoms with van der Waals surface area (Å²) in [6, 6.07) is 13.2. The summed E-state index contributed by atoms with van der Waals surface area (Å²) >= 11 is 10.3. The summed E-state index contributed by atoms with van der Waals surface area (Å²) in [4.78, 5) is 15.1. The molecule has 1 aliphatic heterocycles. The second kappa shape index (κ2) is 9.78. The Kier molecular flexibility index (Phi) is 7.38. The highest BCUT2D eigenvalue weighted by Gasteiger charge is 2.33. The van der Waals surface area contributed by atoms with Gasteiger partial charge in [0.2, 0.25) is 0 Å². The van der Waals surface area contributed by atoms with Crippen molar-refractivity contribution in [2.75, 3.05) is 18.1 Å². The minimum atomic E-state index is -0.125. The molecule has 1 aliphatic rings. The molecule has 0 aromatic heterocycles. The van der Waals surface area contributed by atoms with Crippen molar-refractivity contribution < 1.29 is 14.3 Å². The van der Waals surface area contributed by atoms with E-state index in [2.05, 4.69) is 29.8 Å². The number of carbonyl (C=O) groups is 1. The maximum absolute atomic E-state index is 12.9. The first-order chi connectivity index (χ1) is 13.9. The van der Waals surface area contributed by atoms with Gasteiger partial charge in [0.1, 0.15) is 11.5 Å². The van der Waals surface area contributed by atoms with Gasteiger partial charge in [-0.05, 0) is 76.8 Å². The zero-order valence-electron chi connectivity index (χ0n) is 16.5. The Balaban J connectivity index is 1.78. The normalized spacial score (nSPS) is 15.5. The van der Waals surface area contributed by atoms with Crippen molar-refractivity contribution in [3.8, 4) is 11.5 Å². The van der Waals surface area contributed by atoms with Gasteiger partial charge in [-0.25, -0.2) is 0 Å². The number of thiocarbonyl (C=S) groups is 1. The van der Waals surface area contributed by atoms with E-state index in [9.17, 15) is 4.79 Å². The van der Waals surface area contributed by atoms with Crippen LogP contribution in [0.3, 0.4) is 0 Å². The first-order valence-corrected chi connectivity index (χ1v) is 11.3. The number of halogens is 1. The minimum Gasteiger partial charge on any atom is -0.494 e. The van der Waals surface area contributed by atoms with Gasteiger partial charge in [-0.1, -0.05) is 43.9 Å². The molecule has 0 unspecified atom stereocenters. The average Bonchev–Trinajstić information content (AvgIpc) is 2.95. The van der Waals surface area contributed by atoms with Gasteiger partial charge < -0.3 is 9.47 Å². The van der Waals surface area contributed by atoms with Gasteiger partial charge in [0, 0.05) is 0 Å². The van der Waals surface area contributed by atoms with E-state index in [1.165, 1.54) is 11.8 Å². The molecule has 4 nitrogen and oxygen atoms in total. The second-order valence-corrected chi connectivity index (χ2v) is 9.37. The first-order valence-electron chi connectivity index (χ1n) is 9.32. The van der Waals surface area contributed by atoms with E-state index < -0.39 is 0 Å². The predicted molar refractivity (Wildman–Crippen MR) is 128 cm³/mol. The lowest BCUT2D eigenvalue weighted by atomic mass is 10.2. The third kappa shape index (κ3) is 5.41. The monoisotopic (exact) mass is 491 g/mol. The van der Waals surface area contributed by atoms with Crippen LogP contribution in [0.2, 0.25) is 0 Å². The maximum atomic E-state index is 12.9. The zero-order chi connectivity index (χ0) is 21.0. The molecule has 152 valence electrons. The Morgan fingerprint density at radius 3 is 2.52 bits per heavy atom. The van der Waals surface area contributed by atoms with Crippen molar-refractivity contribution in [2.24, 2.45) is 5.92 Å². The lowest BCUT2D eigenvalue weighted by Crippen LogP contribution is -2.27. The van der Waals surface area contributed by atoms with Crippen LogP contribution in [-0.2, 0) is 4.79 Å². The molecular formula is C22H22BrNO3S2. The van der Waals surface area contributed by atoms with E-state index in [0.717, 1.165) is 27.2 Å². The molecule has 0 bridgehead atoms. The summed E-state index contributed by atoms with van der Waals surface area (Å²) in [5, 5.41) is 0. The summed E-state index contributed by atoms with van der Waals surface area (Å²) in [5.74, 6) is 1.88. The van der Waals surface area contributed by atoms with Crippen LogP contribution in [0.4, 0.5) is 5.69 Å². The van der Waals surface area contributed by atoms with Gasteiger partial charge in [0.25, 0.3) is 5.91 Å². The highest BCUT2D eigenvalue weighted by Crippen LogP contribution is 2.37. The van der Waals surface area contributed by atoms with Gasteiger partial charge in [-0.2, -0.15) is 0 Å². The van der Waals surface area contributed by atoms with Crippen LogP contribution in [0.1, 0.15) is 26.3 Å². The molecule has 0 N–H and O–H groups in total. The highest BCUT2D eigenvalue weighted by atomic mass is 79.9. The summed E-state index contributed by atoms with van der Waals surface area (Å²) in [5.41, 5.74) is 1.64. The molecule has 2 aromatic carbocycles. The Bertz CT molecular complexity index is 942. The Morgan fingerprint density at radius 2 is 1.90 bits per heavy atom. The molecule has 29 heavy (non-hydrogen) atoms. The molecule has 1 amide bonds. The van der Waals surface area contributed by atoms with Crippen LogP contribution >= 0.6 is 39.9 Å². The number of benzene rings is 2. The Morgan fingerprint density at radius 1 is 1.17 bits per heavy atom. The standard InChI is InChI=1S/C22H22BrNO3S2/c1-4-26-17-8-6-16(7-9-17)24-21(25)20(29-22(24)28)12-15-5-10-19(18(23)11-15)27-13-14(2)3/h5-12,14H,4,13H2,1-3H3/b20-12+. The van der Waals surface area contributed by atoms with Crippen LogP contribution in [0.5, 0.6) is 11.5 Å². The van der Waals surface area contributed by atoms with E-state index in [-0.39, 0.29) is 5.91 Å². The molecule has 0 saturated carbocycles. The van der Waals surface area contributed by atoms with Crippen LogP contribution in [0.25, 0.3) is 6.08 Å².